The van der Waals surface area contributed by atoms with E-state index >= 15 is 0 Å². The Kier molecular flexibility index (Phi) is 3.88. The quantitative estimate of drug-likeness (QED) is 0.808. The van der Waals surface area contributed by atoms with Gasteiger partial charge in [-0.05, 0) is 26.8 Å². The highest BCUT2D eigenvalue weighted by molar-refractivity contribution is 5.49. The Bertz CT molecular complexity index is 350. The van der Waals surface area contributed by atoms with Crippen LogP contribution in [0.3, 0.4) is 0 Å². The van der Waals surface area contributed by atoms with Gasteiger partial charge in [0.25, 0.3) is 0 Å². The number of nitrogens with two attached hydrogens (primary N) is 1. The van der Waals surface area contributed by atoms with Gasteiger partial charge in [-0.2, -0.15) is 0 Å². The molecule has 16 heavy (non-hydrogen) atoms. The summed E-state index contributed by atoms with van der Waals surface area (Å²) in [5.41, 5.74) is 6.55. The lowest BCUT2D eigenvalue weighted by Gasteiger charge is -2.36. The molecule has 0 fully saturated rings. The van der Waals surface area contributed by atoms with E-state index in [1.54, 1.807) is 6.20 Å². The number of likely N-dealkylation sites (N-methyl/N-ethyl adjacent to an activating group) is 1. The van der Waals surface area contributed by atoms with Crippen molar-refractivity contribution in [2.24, 2.45) is 5.73 Å². The van der Waals surface area contributed by atoms with Crippen molar-refractivity contribution in [3.8, 4) is 0 Å². The standard InChI is InChI=1S/C12H21N3O/c1-9(13)10-6-5-7-14-11(10)15(4)12(2,3)8-16/h5-7,9,16H,8,13H2,1-4H3/t9-/m0/s1. The van der Waals surface area contributed by atoms with Gasteiger partial charge in [0.2, 0.25) is 0 Å². The summed E-state index contributed by atoms with van der Waals surface area (Å²) in [4.78, 5) is 6.31. The van der Waals surface area contributed by atoms with Crippen LogP contribution in [0.4, 0.5) is 5.82 Å². The van der Waals surface area contributed by atoms with Gasteiger partial charge >= 0.3 is 0 Å². The van der Waals surface area contributed by atoms with E-state index in [1.165, 1.54) is 0 Å². The maximum absolute atomic E-state index is 9.35. The summed E-state index contributed by atoms with van der Waals surface area (Å²) in [6.45, 7) is 5.93. The summed E-state index contributed by atoms with van der Waals surface area (Å²) in [6.07, 6.45) is 1.74. The molecule has 0 aliphatic carbocycles. The summed E-state index contributed by atoms with van der Waals surface area (Å²) >= 11 is 0. The number of hydrogen-bond acceptors (Lipinski definition) is 4. The van der Waals surface area contributed by atoms with Crippen LogP contribution in [0.5, 0.6) is 0 Å². The molecule has 0 amide bonds. The summed E-state index contributed by atoms with van der Waals surface area (Å²) in [7, 11) is 1.92. The molecule has 4 nitrogen and oxygen atoms in total. The number of pyridine rings is 1. The first kappa shape index (κ1) is 12.9. The lowest BCUT2D eigenvalue weighted by molar-refractivity contribution is 0.215. The van der Waals surface area contributed by atoms with Crippen molar-refractivity contribution in [3.05, 3.63) is 23.9 Å². The molecule has 0 bridgehead atoms. The average Bonchev–Trinajstić information content (AvgIpc) is 2.28. The third-order valence-corrected chi connectivity index (χ3v) is 2.92. The third kappa shape index (κ3) is 2.51. The van der Waals surface area contributed by atoms with Crippen molar-refractivity contribution in [1.82, 2.24) is 4.98 Å². The second kappa shape index (κ2) is 4.80. The van der Waals surface area contributed by atoms with Crippen LogP contribution in [0.15, 0.2) is 18.3 Å². The highest BCUT2D eigenvalue weighted by Gasteiger charge is 2.25. The van der Waals surface area contributed by atoms with E-state index in [4.69, 9.17) is 5.73 Å². The molecule has 1 aromatic heterocycles. The van der Waals surface area contributed by atoms with Crippen LogP contribution in [-0.2, 0) is 0 Å². The van der Waals surface area contributed by atoms with Gasteiger partial charge in [0.05, 0.1) is 12.1 Å². The maximum atomic E-state index is 9.35. The fourth-order valence-electron chi connectivity index (χ4n) is 1.44. The van der Waals surface area contributed by atoms with Crippen LogP contribution < -0.4 is 10.6 Å². The number of hydrogen-bond donors (Lipinski definition) is 2. The average molecular weight is 223 g/mol. The first-order valence-corrected chi connectivity index (χ1v) is 5.45. The van der Waals surface area contributed by atoms with E-state index < -0.39 is 0 Å². The van der Waals surface area contributed by atoms with Gasteiger partial charge in [-0.15, -0.1) is 0 Å². The Morgan fingerprint density at radius 1 is 1.56 bits per heavy atom. The van der Waals surface area contributed by atoms with Gasteiger partial charge in [-0.3, -0.25) is 0 Å². The molecule has 0 saturated heterocycles. The number of rotatable bonds is 4. The molecule has 1 aromatic rings. The number of aromatic nitrogens is 1. The number of aliphatic hydroxyl groups is 1. The molecule has 0 aliphatic heterocycles. The first-order valence-electron chi connectivity index (χ1n) is 5.45. The topological polar surface area (TPSA) is 62.4 Å². The minimum absolute atomic E-state index is 0.0679. The molecule has 4 heteroatoms. The zero-order valence-electron chi connectivity index (χ0n) is 10.4. The monoisotopic (exact) mass is 223 g/mol. The summed E-state index contributed by atoms with van der Waals surface area (Å²) < 4.78 is 0. The molecule has 0 radical (unpaired) electrons. The minimum Gasteiger partial charge on any atom is -0.394 e. The molecule has 3 N–H and O–H groups in total. The molecule has 0 unspecified atom stereocenters. The number of aliphatic hydroxyl groups excluding tert-OH is 1. The lowest BCUT2D eigenvalue weighted by atomic mass is 10.0. The summed E-state index contributed by atoms with van der Waals surface area (Å²) in [5, 5.41) is 9.35. The van der Waals surface area contributed by atoms with Crippen molar-refractivity contribution in [2.75, 3.05) is 18.6 Å². The van der Waals surface area contributed by atoms with Crippen LogP contribution in [-0.4, -0.2) is 29.3 Å². The Morgan fingerprint density at radius 3 is 2.69 bits per heavy atom. The van der Waals surface area contributed by atoms with Crippen LogP contribution in [0.1, 0.15) is 32.4 Å². The smallest absolute Gasteiger partial charge is 0.133 e. The highest BCUT2D eigenvalue weighted by atomic mass is 16.3. The second-order valence-electron chi connectivity index (χ2n) is 4.73. The van der Waals surface area contributed by atoms with Crippen molar-refractivity contribution in [1.29, 1.82) is 0 Å². The zero-order chi connectivity index (χ0) is 12.3. The lowest BCUT2D eigenvalue weighted by Crippen LogP contribution is -2.45. The SMILES string of the molecule is C[C@H](N)c1cccnc1N(C)C(C)(C)CO. The second-order valence-corrected chi connectivity index (χ2v) is 4.73. The Balaban J connectivity index is 3.13. The zero-order valence-corrected chi connectivity index (χ0v) is 10.4. The largest absolute Gasteiger partial charge is 0.394 e. The molecule has 0 saturated carbocycles. The molecule has 1 heterocycles. The van der Waals surface area contributed by atoms with Crippen LogP contribution in [0, 0.1) is 0 Å². The molecule has 0 aliphatic rings. The van der Waals surface area contributed by atoms with Crippen LogP contribution >= 0.6 is 0 Å². The fourth-order valence-corrected chi connectivity index (χ4v) is 1.44. The van der Waals surface area contributed by atoms with Crippen molar-refractivity contribution < 1.29 is 5.11 Å². The van der Waals surface area contributed by atoms with Crippen LogP contribution in [0.25, 0.3) is 0 Å². The normalized spacial score (nSPS) is 13.6. The predicted octanol–water partition coefficient (Wildman–Crippen LogP) is 1.31. The van der Waals surface area contributed by atoms with Crippen molar-refractivity contribution in [3.63, 3.8) is 0 Å². The highest BCUT2D eigenvalue weighted by Crippen LogP contribution is 2.26. The Labute approximate surface area is 97.1 Å². The Hall–Kier alpha value is -1.13. The number of nitrogens with zero attached hydrogens (tertiary/aromatic N) is 2. The first-order chi connectivity index (χ1) is 7.40. The molecule has 90 valence electrons. The van der Waals surface area contributed by atoms with E-state index in [0.29, 0.717) is 0 Å². The van der Waals surface area contributed by atoms with E-state index in [0.717, 1.165) is 11.4 Å². The third-order valence-electron chi connectivity index (χ3n) is 2.92. The van der Waals surface area contributed by atoms with Gasteiger partial charge in [0.15, 0.2) is 0 Å². The fraction of sp³-hybridized carbons (Fsp3) is 0.583. The predicted molar refractivity (Wildman–Crippen MR) is 66.4 cm³/mol. The van der Waals surface area contributed by atoms with E-state index in [-0.39, 0.29) is 18.2 Å². The Morgan fingerprint density at radius 2 is 2.19 bits per heavy atom. The van der Waals surface area contributed by atoms with Gasteiger partial charge < -0.3 is 15.7 Å². The molecule has 1 rings (SSSR count). The van der Waals surface area contributed by atoms with E-state index in [9.17, 15) is 5.11 Å². The van der Waals surface area contributed by atoms with E-state index in [1.807, 2.05) is 44.9 Å². The maximum Gasteiger partial charge on any atom is 0.133 e. The molecule has 0 spiro atoms. The van der Waals surface area contributed by atoms with Gasteiger partial charge in [0.1, 0.15) is 5.82 Å². The van der Waals surface area contributed by atoms with Crippen LogP contribution in [0.2, 0.25) is 0 Å². The van der Waals surface area contributed by atoms with Gasteiger partial charge in [0, 0.05) is 24.8 Å². The van der Waals surface area contributed by atoms with E-state index in [2.05, 4.69) is 4.98 Å². The number of anilines is 1. The van der Waals surface area contributed by atoms with Crippen molar-refractivity contribution >= 4 is 5.82 Å². The van der Waals surface area contributed by atoms with Gasteiger partial charge in [-0.25, -0.2) is 4.98 Å². The summed E-state index contributed by atoms with van der Waals surface area (Å²) in [5.74, 6) is 0.830. The van der Waals surface area contributed by atoms with Crippen molar-refractivity contribution in [2.45, 2.75) is 32.4 Å². The summed E-state index contributed by atoms with van der Waals surface area (Å²) in [6, 6.07) is 3.78. The molecule has 0 aromatic carbocycles. The molecular formula is C12H21N3O. The molecular weight excluding hydrogens is 202 g/mol. The molecule has 1 atom stereocenters. The minimum atomic E-state index is -0.349. The van der Waals surface area contributed by atoms with Gasteiger partial charge in [-0.1, -0.05) is 6.07 Å².